The summed E-state index contributed by atoms with van der Waals surface area (Å²) < 4.78 is 0. The number of phenolic OH excluding ortho intramolecular Hbond substituents is 1. The molecule has 1 N–H and O–H groups in total. The molecule has 0 saturated carbocycles. The van der Waals surface area contributed by atoms with Crippen molar-refractivity contribution in [2.24, 2.45) is 0 Å². The van der Waals surface area contributed by atoms with E-state index in [4.69, 9.17) is 0 Å². The minimum Gasteiger partial charge on any atom is -0.508 e. The molecular formula is C16H20N2O2S. The number of amides is 1. The molecular weight excluding hydrogens is 284 g/mol. The van der Waals surface area contributed by atoms with Crippen LogP contribution in [0.25, 0.3) is 0 Å². The highest BCUT2D eigenvalue weighted by Crippen LogP contribution is 2.20. The Morgan fingerprint density at radius 2 is 2.10 bits per heavy atom. The number of phenols is 1. The fourth-order valence-electron chi connectivity index (χ4n) is 1.95. The first-order valence-electron chi connectivity index (χ1n) is 6.92. The van der Waals surface area contributed by atoms with Gasteiger partial charge in [0.1, 0.15) is 5.75 Å². The minimum atomic E-state index is -0.00106. The predicted octanol–water partition coefficient (Wildman–Crippen LogP) is 3.17. The van der Waals surface area contributed by atoms with Gasteiger partial charge in [-0.2, -0.15) is 0 Å². The van der Waals surface area contributed by atoms with E-state index in [-0.39, 0.29) is 11.7 Å². The van der Waals surface area contributed by atoms with Crippen LogP contribution in [0.4, 0.5) is 0 Å². The van der Waals surface area contributed by atoms with Crippen molar-refractivity contribution in [1.82, 2.24) is 9.88 Å². The van der Waals surface area contributed by atoms with Gasteiger partial charge in [-0.1, -0.05) is 32.0 Å². The van der Waals surface area contributed by atoms with Gasteiger partial charge in [-0.05, 0) is 6.07 Å². The van der Waals surface area contributed by atoms with Crippen LogP contribution in [-0.2, 0) is 17.8 Å². The van der Waals surface area contributed by atoms with Crippen molar-refractivity contribution in [3.63, 3.8) is 0 Å². The maximum atomic E-state index is 12.2. The first-order valence-corrected chi connectivity index (χ1v) is 7.80. The van der Waals surface area contributed by atoms with Gasteiger partial charge < -0.3 is 10.0 Å². The standard InChI is InChI=1S/C16H20N2O2S/c1-11(2)16-17-13(10-21-16)8-15(20)18(3)9-12-6-4-5-7-14(12)19/h4-7,10-11,19H,8-9H2,1-3H3. The molecule has 4 nitrogen and oxygen atoms in total. The van der Waals surface area contributed by atoms with Gasteiger partial charge in [0.25, 0.3) is 0 Å². The number of thiazole rings is 1. The number of benzene rings is 1. The summed E-state index contributed by atoms with van der Waals surface area (Å²) in [5, 5.41) is 12.7. The van der Waals surface area contributed by atoms with Crippen molar-refractivity contribution in [2.75, 3.05) is 7.05 Å². The molecule has 0 aliphatic carbocycles. The second kappa shape index (κ2) is 6.72. The van der Waals surface area contributed by atoms with E-state index in [2.05, 4.69) is 18.8 Å². The fraction of sp³-hybridized carbons (Fsp3) is 0.375. The zero-order chi connectivity index (χ0) is 15.4. The molecule has 1 aromatic heterocycles. The zero-order valence-corrected chi connectivity index (χ0v) is 13.4. The summed E-state index contributed by atoms with van der Waals surface area (Å²) in [6.07, 6.45) is 0.299. The van der Waals surface area contributed by atoms with Crippen LogP contribution in [0.1, 0.15) is 36.0 Å². The Hall–Kier alpha value is -1.88. The highest BCUT2D eigenvalue weighted by molar-refractivity contribution is 7.09. The average Bonchev–Trinajstić information content (AvgIpc) is 2.90. The summed E-state index contributed by atoms with van der Waals surface area (Å²) in [7, 11) is 1.74. The maximum absolute atomic E-state index is 12.2. The molecule has 2 aromatic rings. The van der Waals surface area contributed by atoms with Crippen LogP contribution in [0.3, 0.4) is 0 Å². The lowest BCUT2D eigenvalue weighted by molar-refractivity contribution is -0.129. The Kier molecular flexibility index (Phi) is 4.96. The van der Waals surface area contributed by atoms with Crippen molar-refractivity contribution < 1.29 is 9.90 Å². The Morgan fingerprint density at radius 3 is 2.71 bits per heavy atom. The van der Waals surface area contributed by atoms with Gasteiger partial charge in [0.05, 0.1) is 17.1 Å². The molecule has 0 atom stereocenters. The number of para-hydroxylation sites is 1. The number of aromatic nitrogens is 1. The van der Waals surface area contributed by atoms with Gasteiger partial charge >= 0.3 is 0 Å². The molecule has 0 aliphatic heterocycles. The molecule has 1 amide bonds. The van der Waals surface area contributed by atoms with Crippen molar-refractivity contribution in [3.05, 3.63) is 45.9 Å². The third-order valence-corrected chi connectivity index (χ3v) is 4.41. The van der Waals surface area contributed by atoms with Gasteiger partial charge in [-0.3, -0.25) is 4.79 Å². The third kappa shape index (κ3) is 4.04. The lowest BCUT2D eigenvalue weighted by atomic mass is 10.2. The number of hydrogen-bond donors (Lipinski definition) is 1. The fourth-order valence-corrected chi connectivity index (χ4v) is 2.78. The number of nitrogens with zero attached hydrogens (tertiary/aromatic N) is 2. The molecule has 0 unspecified atom stereocenters. The lowest BCUT2D eigenvalue weighted by Crippen LogP contribution is -2.27. The van der Waals surface area contributed by atoms with E-state index in [1.807, 2.05) is 17.5 Å². The average molecular weight is 304 g/mol. The van der Waals surface area contributed by atoms with Crippen LogP contribution in [0.5, 0.6) is 5.75 Å². The Labute approximate surface area is 129 Å². The van der Waals surface area contributed by atoms with Crippen molar-refractivity contribution in [1.29, 1.82) is 0 Å². The van der Waals surface area contributed by atoms with E-state index in [9.17, 15) is 9.90 Å². The molecule has 0 bridgehead atoms. The summed E-state index contributed by atoms with van der Waals surface area (Å²) in [6, 6.07) is 7.06. The van der Waals surface area contributed by atoms with Crippen LogP contribution in [0.2, 0.25) is 0 Å². The quantitative estimate of drug-likeness (QED) is 0.923. The second-order valence-electron chi connectivity index (χ2n) is 5.39. The van der Waals surface area contributed by atoms with E-state index in [1.165, 1.54) is 0 Å². The molecule has 1 heterocycles. The van der Waals surface area contributed by atoms with Crippen molar-refractivity contribution in [2.45, 2.75) is 32.7 Å². The molecule has 112 valence electrons. The largest absolute Gasteiger partial charge is 0.508 e. The minimum absolute atomic E-state index is 0.00106. The number of carbonyl (C=O) groups is 1. The van der Waals surface area contributed by atoms with E-state index >= 15 is 0 Å². The second-order valence-corrected chi connectivity index (χ2v) is 6.28. The van der Waals surface area contributed by atoms with Crippen LogP contribution in [0.15, 0.2) is 29.6 Å². The summed E-state index contributed by atoms with van der Waals surface area (Å²) in [5.41, 5.74) is 1.56. The van der Waals surface area contributed by atoms with Gasteiger partial charge in [0.15, 0.2) is 0 Å². The van der Waals surface area contributed by atoms with Crippen LogP contribution >= 0.6 is 11.3 Å². The summed E-state index contributed by atoms with van der Waals surface area (Å²) >= 11 is 1.60. The summed E-state index contributed by atoms with van der Waals surface area (Å²) in [4.78, 5) is 18.3. The Balaban J connectivity index is 1.97. The van der Waals surface area contributed by atoms with E-state index in [1.54, 1.807) is 35.4 Å². The number of rotatable bonds is 5. The number of carbonyl (C=O) groups excluding carboxylic acids is 1. The van der Waals surface area contributed by atoms with Crippen molar-refractivity contribution in [3.8, 4) is 5.75 Å². The molecule has 0 radical (unpaired) electrons. The lowest BCUT2D eigenvalue weighted by Gasteiger charge is -2.17. The predicted molar refractivity (Wildman–Crippen MR) is 84.5 cm³/mol. The normalized spacial score (nSPS) is 10.9. The SMILES string of the molecule is CC(C)c1nc(CC(=O)N(C)Cc2ccccc2O)cs1. The van der Waals surface area contributed by atoms with Gasteiger partial charge in [0, 0.05) is 30.5 Å². The van der Waals surface area contributed by atoms with Crippen LogP contribution in [0, 0.1) is 0 Å². The van der Waals surface area contributed by atoms with E-state index in [0.717, 1.165) is 16.3 Å². The summed E-state index contributed by atoms with van der Waals surface area (Å²) in [5.74, 6) is 0.601. The molecule has 0 aliphatic rings. The smallest absolute Gasteiger partial charge is 0.228 e. The molecule has 1 aromatic carbocycles. The van der Waals surface area contributed by atoms with Gasteiger partial charge in [-0.25, -0.2) is 4.98 Å². The zero-order valence-electron chi connectivity index (χ0n) is 12.5. The number of likely N-dealkylation sites (N-methyl/N-ethyl adjacent to an activating group) is 1. The number of aromatic hydroxyl groups is 1. The molecule has 5 heteroatoms. The highest BCUT2D eigenvalue weighted by atomic mass is 32.1. The monoisotopic (exact) mass is 304 g/mol. The summed E-state index contributed by atoms with van der Waals surface area (Å²) in [6.45, 7) is 4.58. The molecule has 0 spiro atoms. The molecule has 0 saturated heterocycles. The molecule has 21 heavy (non-hydrogen) atoms. The van der Waals surface area contributed by atoms with Gasteiger partial charge in [-0.15, -0.1) is 11.3 Å². The first-order chi connectivity index (χ1) is 9.97. The third-order valence-electron chi connectivity index (χ3n) is 3.22. The van der Waals surface area contributed by atoms with Crippen LogP contribution < -0.4 is 0 Å². The van der Waals surface area contributed by atoms with Crippen molar-refractivity contribution >= 4 is 17.2 Å². The Bertz CT molecular complexity index is 622. The van der Waals surface area contributed by atoms with E-state index < -0.39 is 0 Å². The first kappa shape index (κ1) is 15.5. The topological polar surface area (TPSA) is 53.4 Å². The van der Waals surface area contributed by atoms with E-state index in [0.29, 0.717) is 18.9 Å². The molecule has 2 rings (SSSR count). The van der Waals surface area contributed by atoms with Gasteiger partial charge in [0.2, 0.25) is 5.91 Å². The molecule has 0 fully saturated rings. The number of hydrogen-bond acceptors (Lipinski definition) is 4. The maximum Gasteiger partial charge on any atom is 0.228 e. The highest BCUT2D eigenvalue weighted by Gasteiger charge is 2.14. The Morgan fingerprint density at radius 1 is 1.38 bits per heavy atom. The van der Waals surface area contributed by atoms with Crippen LogP contribution in [-0.4, -0.2) is 27.9 Å².